The molecule has 0 aliphatic rings. The van der Waals surface area contributed by atoms with Crippen molar-refractivity contribution in [3.63, 3.8) is 0 Å². The van der Waals surface area contributed by atoms with E-state index in [1.54, 1.807) is 7.05 Å². The predicted octanol–water partition coefficient (Wildman–Crippen LogP) is 1.88. The number of aryl methyl sites for hydroxylation is 2. The molecule has 5 heteroatoms. The summed E-state index contributed by atoms with van der Waals surface area (Å²) in [4.78, 5) is 1.51. The SMILES string of the molecule is CCNC(CCCc1nnn(C)n1)c1ccccc1. The normalized spacial score (nSPS) is 12.5. The first-order valence-electron chi connectivity index (χ1n) is 6.80. The third-order valence-corrected chi connectivity index (χ3v) is 3.10. The van der Waals surface area contributed by atoms with Crippen LogP contribution in [0, 0.1) is 0 Å². The first kappa shape index (κ1) is 13.7. The second-order valence-electron chi connectivity index (χ2n) is 4.61. The Balaban J connectivity index is 1.87. The van der Waals surface area contributed by atoms with E-state index in [1.807, 2.05) is 0 Å². The van der Waals surface area contributed by atoms with Crippen molar-refractivity contribution in [2.45, 2.75) is 32.2 Å². The highest BCUT2D eigenvalue weighted by molar-refractivity contribution is 5.18. The lowest BCUT2D eigenvalue weighted by atomic mass is 10.0. The molecule has 1 heterocycles. The molecule has 1 aromatic carbocycles. The minimum Gasteiger partial charge on any atom is -0.310 e. The Morgan fingerprint density at radius 1 is 1.26 bits per heavy atom. The number of benzene rings is 1. The van der Waals surface area contributed by atoms with E-state index in [0.29, 0.717) is 6.04 Å². The largest absolute Gasteiger partial charge is 0.310 e. The van der Waals surface area contributed by atoms with Gasteiger partial charge in [-0.2, -0.15) is 4.80 Å². The molecule has 1 N–H and O–H groups in total. The molecule has 1 unspecified atom stereocenters. The first-order valence-corrected chi connectivity index (χ1v) is 6.80. The minimum absolute atomic E-state index is 0.405. The topological polar surface area (TPSA) is 55.6 Å². The van der Waals surface area contributed by atoms with Crippen LogP contribution < -0.4 is 5.32 Å². The van der Waals surface area contributed by atoms with E-state index in [9.17, 15) is 0 Å². The van der Waals surface area contributed by atoms with E-state index < -0.39 is 0 Å². The number of hydrogen-bond donors (Lipinski definition) is 1. The van der Waals surface area contributed by atoms with Crippen LogP contribution in [0.1, 0.15) is 37.2 Å². The van der Waals surface area contributed by atoms with Crippen LogP contribution in [0.3, 0.4) is 0 Å². The molecule has 1 aromatic heterocycles. The molecule has 102 valence electrons. The highest BCUT2D eigenvalue weighted by Gasteiger charge is 2.10. The Hall–Kier alpha value is -1.75. The van der Waals surface area contributed by atoms with E-state index in [1.165, 1.54) is 10.4 Å². The molecule has 0 aliphatic heterocycles. The molecule has 1 atom stereocenters. The standard InChI is InChI=1S/C14H21N5/c1-3-15-13(12-8-5-4-6-9-12)10-7-11-14-16-18-19(2)17-14/h4-6,8-9,13,15H,3,7,10-11H2,1-2H3. The van der Waals surface area contributed by atoms with Gasteiger partial charge in [0, 0.05) is 12.5 Å². The fourth-order valence-corrected chi connectivity index (χ4v) is 2.21. The van der Waals surface area contributed by atoms with Crippen molar-refractivity contribution in [3.05, 3.63) is 41.7 Å². The Morgan fingerprint density at radius 2 is 2.05 bits per heavy atom. The van der Waals surface area contributed by atoms with Gasteiger partial charge in [-0.3, -0.25) is 0 Å². The van der Waals surface area contributed by atoms with Gasteiger partial charge in [0.1, 0.15) is 0 Å². The maximum absolute atomic E-state index is 4.20. The van der Waals surface area contributed by atoms with Gasteiger partial charge in [0.15, 0.2) is 5.82 Å². The summed E-state index contributed by atoms with van der Waals surface area (Å²) in [7, 11) is 1.79. The summed E-state index contributed by atoms with van der Waals surface area (Å²) in [6, 6.07) is 11.0. The van der Waals surface area contributed by atoms with Crippen LogP contribution in [0.2, 0.25) is 0 Å². The Morgan fingerprint density at radius 3 is 2.68 bits per heavy atom. The summed E-state index contributed by atoms with van der Waals surface area (Å²) in [6.45, 7) is 3.11. The maximum Gasteiger partial charge on any atom is 0.174 e. The number of tetrazole rings is 1. The number of aromatic nitrogens is 4. The Labute approximate surface area is 114 Å². The molecule has 0 saturated carbocycles. The van der Waals surface area contributed by atoms with Crippen molar-refractivity contribution in [1.29, 1.82) is 0 Å². The van der Waals surface area contributed by atoms with E-state index in [2.05, 4.69) is 58.0 Å². The summed E-state index contributed by atoms with van der Waals surface area (Å²) in [6.07, 6.45) is 3.01. The van der Waals surface area contributed by atoms with Gasteiger partial charge < -0.3 is 5.32 Å². The van der Waals surface area contributed by atoms with Crippen LogP contribution in [-0.4, -0.2) is 26.8 Å². The molecule has 0 saturated heterocycles. The molecule has 2 rings (SSSR count). The number of nitrogens with zero attached hydrogens (tertiary/aromatic N) is 4. The molecule has 0 fully saturated rings. The predicted molar refractivity (Wildman–Crippen MR) is 74.6 cm³/mol. The summed E-state index contributed by atoms with van der Waals surface area (Å²) >= 11 is 0. The second kappa shape index (κ2) is 6.99. The molecule has 2 aromatic rings. The first-order chi connectivity index (χ1) is 9.29. The molecule has 0 spiro atoms. The van der Waals surface area contributed by atoms with Gasteiger partial charge in [-0.15, -0.1) is 10.2 Å². The van der Waals surface area contributed by atoms with Crippen molar-refractivity contribution in [2.24, 2.45) is 7.05 Å². The maximum atomic E-state index is 4.20. The van der Waals surface area contributed by atoms with Gasteiger partial charge in [-0.25, -0.2) is 0 Å². The van der Waals surface area contributed by atoms with Crippen LogP contribution in [0.5, 0.6) is 0 Å². The van der Waals surface area contributed by atoms with Gasteiger partial charge in [0.25, 0.3) is 0 Å². The lowest BCUT2D eigenvalue weighted by Crippen LogP contribution is -2.21. The number of hydrogen-bond acceptors (Lipinski definition) is 4. The van der Waals surface area contributed by atoms with Crippen molar-refractivity contribution in [1.82, 2.24) is 25.5 Å². The summed E-state index contributed by atoms with van der Waals surface area (Å²) < 4.78 is 0. The Kier molecular flexibility index (Phi) is 5.03. The van der Waals surface area contributed by atoms with E-state index in [0.717, 1.165) is 31.6 Å². The highest BCUT2D eigenvalue weighted by atomic mass is 15.6. The molecule has 0 bridgehead atoms. The molecule has 0 amide bonds. The summed E-state index contributed by atoms with van der Waals surface area (Å²) in [5.41, 5.74) is 1.34. The summed E-state index contributed by atoms with van der Waals surface area (Å²) in [5.74, 6) is 0.825. The lowest BCUT2D eigenvalue weighted by molar-refractivity contribution is 0.494. The molecule has 19 heavy (non-hydrogen) atoms. The summed E-state index contributed by atoms with van der Waals surface area (Å²) in [5, 5.41) is 15.6. The van der Waals surface area contributed by atoms with Gasteiger partial charge in [0.05, 0.1) is 7.05 Å². The smallest absolute Gasteiger partial charge is 0.174 e. The van der Waals surface area contributed by atoms with Crippen molar-refractivity contribution >= 4 is 0 Å². The second-order valence-corrected chi connectivity index (χ2v) is 4.61. The van der Waals surface area contributed by atoms with Crippen molar-refractivity contribution in [2.75, 3.05) is 6.54 Å². The van der Waals surface area contributed by atoms with E-state index >= 15 is 0 Å². The zero-order valence-corrected chi connectivity index (χ0v) is 11.6. The quantitative estimate of drug-likeness (QED) is 0.825. The Bertz CT molecular complexity index is 480. The average Bonchev–Trinajstić information content (AvgIpc) is 2.84. The molecule has 0 radical (unpaired) electrons. The van der Waals surface area contributed by atoms with Gasteiger partial charge in [-0.05, 0) is 30.2 Å². The molecule has 0 aliphatic carbocycles. The molecular weight excluding hydrogens is 238 g/mol. The van der Waals surface area contributed by atoms with Crippen LogP contribution >= 0.6 is 0 Å². The minimum atomic E-state index is 0.405. The van der Waals surface area contributed by atoms with Crippen molar-refractivity contribution < 1.29 is 0 Å². The van der Waals surface area contributed by atoms with Gasteiger partial charge in [-0.1, -0.05) is 37.3 Å². The fourth-order valence-electron chi connectivity index (χ4n) is 2.21. The monoisotopic (exact) mass is 259 g/mol. The third-order valence-electron chi connectivity index (χ3n) is 3.10. The fraction of sp³-hybridized carbons (Fsp3) is 0.500. The van der Waals surface area contributed by atoms with Crippen LogP contribution in [0.15, 0.2) is 30.3 Å². The van der Waals surface area contributed by atoms with E-state index in [4.69, 9.17) is 0 Å². The van der Waals surface area contributed by atoms with E-state index in [-0.39, 0.29) is 0 Å². The van der Waals surface area contributed by atoms with Crippen LogP contribution in [0.4, 0.5) is 0 Å². The highest BCUT2D eigenvalue weighted by Crippen LogP contribution is 2.18. The van der Waals surface area contributed by atoms with Gasteiger partial charge in [0.2, 0.25) is 0 Å². The number of rotatable bonds is 7. The molecular formula is C14H21N5. The third kappa shape index (κ3) is 4.13. The van der Waals surface area contributed by atoms with Crippen LogP contribution in [-0.2, 0) is 13.5 Å². The number of nitrogens with one attached hydrogen (secondary N) is 1. The molecule has 5 nitrogen and oxygen atoms in total. The zero-order valence-electron chi connectivity index (χ0n) is 11.6. The lowest BCUT2D eigenvalue weighted by Gasteiger charge is -2.17. The van der Waals surface area contributed by atoms with Gasteiger partial charge >= 0.3 is 0 Å². The average molecular weight is 259 g/mol. The zero-order chi connectivity index (χ0) is 13.5. The van der Waals surface area contributed by atoms with Crippen molar-refractivity contribution in [3.8, 4) is 0 Å². The van der Waals surface area contributed by atoms with Crippen LogP contribution in [0.25, 0.3) is 0 Å².